The van der Waals surface area contributed by atoms with Crippen molar-refractivity contribution in [1.82, 2.24) is 14.9 Å². The zero-order valence-corrected chi connectivity index (χ0v) is 20.0. The van der Waals surface area contributed by atoms with E-state index in [2.05, 4.69) is 52.1 Å². The second-order valence-electron chi connectivity index (χ2n) is 9.40. The number of aromatic nitrogens is 2. The Hall–Kier alpha value is -3.43. The smallest absolute Gasteiger partial charge is 0.312 e. The molecule has 2 heterocycles. The van der Waals surface area contributed by atoms with E-state index in [1.165, 1.54) is 18.2 Å². The number of rotatable bonds is 8. The number of carbonyl (C=O) groups is 1. The normalized spacial score (nSPS) is 20.6. The Morgan fingerprint density at radius 1 is 1.26 bits per heavy atom. The van der Waals surface area contributed by atoms with Crippen molar-refractivity contribution >= 4 is 5.97 Å². The van der Waals surface area contributed by atoms with Crippen LogP contribution in [0.3, 0.4) is 0 Å². The molecule has 2 unspecified atom stereocenters. The third-order valence-corrected chi connectivity index (χ3v) is 7.15. The number of aryl methyl sites for hydroxylation is 1. The van der Waals surface area contributed by atoms with Crippen LogP contribution in [-0.2, 0) is 28.8 Å². The summed E-state index contributed by atoms with van der Waals surface area (Å²) in [7, 11) is 1.50. The van der Waals surface area contributed by atoms with Gasteiger partial charge in [-0.15, -0.1) is 0 Å². The van der Waals surface area contributed by atoms with Crippen molar-refractivity contribution in [3.05, 3.63) is 89.0 Å². The van der Waals surface area contributed by atoms with Crippen molar-refractivity contribution in [3.63, 3.8) is 0 Å². The van der Waals surface area contributed by atoms with Gasteiger partial charge in [0.2, 0.25) is 0 Å². The van der Waals surface area contributed by atoms with E-state index < -0.39 is 5.41 Å². The highest BCUT2D eigenvalue weighted by atomic mass is 16.5. The molecular formula is C28H32N4O2. The maximum atomic E-state index is 13.4. The standard InChI is InChI=1S/C28H32N4O2/c1-21-4-3-5-24(14-21)16-28(27(33)34-2)11-13-32(12-10-26-18-30-20-31-26)19-25(28)15-22-6-8-23(17-29)9-7-22/h3-9,14,18,20,25H,10-13,15-16,19H2,1-2H3,(H,30,31). The largest absolute Gasteiger partial charge is 0.469 e. The van der Waals surface area contributed by atoms with Gasteiger partial charge < -0.3 is 14.6 Å². The van der Waals surface area contributed by atoms with Gasteiger partial charge in [0.25, 0.3) is 0 Å². The van der Waals surface area contributed by atoms with Crippen LogP contribution in [0, 0.1) is 29.6 Å². The van der Waals surface area contributed by atoms with Crippen LogP contribution in [0.2, 0.25) is 0 Å². The Balaban J connectivity index is 1.62. The Morgan fingerprint density at radius 2 is 2.09 bits per heavy atom. The average Bonchev–Trinajstić information content (AvgIpc) is 3.38. The first-order valence-corrected chi connectivity index (χ1v) is 11.8. The van der Waals surface area contributed by atoms with Crippen molar-refractivity contribution in [2.24, 2.45) is 11.3 Å². The van der Waals surface area contributed by atoms with Crippen LogP contribution >= 0.6 is 0 Å². The minimum Gasteiger partial charge on any atom is -0.469 e. The van der Waals surface area contributed by atoms with Gasteiger partial charge in [0.05, 0.1) is 30.5 Å². The molecule has 0 bridgehead atoms. The Labute approximate surface area is 201 Å². The van der Waals surface area contributed by atoms with Crippen LogP contribution in [-0.4, -0.2) is 47.6 Å². The molecule has 3 aromatic rings. The molecule has 1 aliphatic heterocycles. The Bertz CT molecular complexity index is 1130. The number of methoxy groups -OCH3 is 1. The first-order valence-electron chi connectivity index (χ1n) is 11.8. The van der Waals surface area contributed by atoms with Gasteiger partial charge in [-0.25, -0.2) is 4.98 Å². The molecule has 0 saturated carbocycles. The lowest BCUT2D eigenvalue weighted by molar-refractivity contribution is -0.161. The van der Waals surface area contributed by atoms with E-state index in [0.717, 1.165) is 50.2 Å². The first kappa shape index (κ1) is 23.7. The SMILES string of the molecule is COC(=O)C1(Cc2cccc(C)c2)CCN(CCc2cnc[nH]2)CC1Cc1ccc(C#N)cc1. The topological polar surface area (TPSA) is 82.0 Å². The summed E-state index contributed by atoms with van der Waals surface area (Å²) in [6.07, 6.45) is 6.64. The van der Waals surface area contributed by atoms with Gasteiger partial charge in [0, 0.05) is 31.4 Å². The number of imidazole rings is 1. The van der Waals surface area contributed by atoms with Gasteiger partial charge in [-0.3, -0.25) is 4.79 Å². The molecule has 0 amide bonds. The van der Waals surface area contributed by atoms with Crippen molar-refractivity contribution in [1.29, 1.82) is 5.26 Å². The van der Waals surface area contributed by atoms with Gasteiger partial charge in [-0.05, 0) is 61.9 Å². The molecule has 2 atom stereocenters. The van der Waals surface area contributed by atoms with Crippen molar-refractivity contribution in [2.45, 2.75) is 32.6 Å². The zero-order chi connectivity index (χ0) is 24.0. The fourth-order valence-electron chi connectivity index (χ4n) is 5.27. The summed E-state index contributed by atoms with van der Waals surface area (Å²) >= 11 is 0. The molecule has 1 saturated heterocycles. The minimum absolute atomic E-state index is 0.0870. The summed E-state index contributed by atoms with van der Waals surface area (Å²) in [5, 5.41) is 9.17. The summed E-state index contributed by atoms with van der Waals surface area (Å²) in [5.41, 5.74) is 4.66. The molecular weight excluding hydrogens is 424 g/mol. The van der Waals surface area contributed by atoms with E-state index in [1.54, 1.807) is 6.33 Å². The van der Waals surface area contributed by atoms with Crippen molar-refractivity contribution < 1.29 is 9.53 Å². The molecule has 2 aromatic carbocycles. The number of hydrogen-bond acceptors (Lipinski definition) is 5. The zero-order valence-electron chi connectivity index (χ0n) is 20.0. The highest BCUT2D eigenvalue weighted by molar-refractivity contribution is 5.78. The number of benzene rings is 2. The molecule has 1 fully saturated rings. The molecule has 1 aliphatic rings. The maximum Gasteiger partial charge on any atom is 0.312 e. The van der Waals surface area contributed by atoms with Gasteiger partial charge in [0.15, 0.2) is 0 Å². The van der Waals surface area contributed by atoms with Gasteiger partial charge in [0.1, 0.15) is 0 Å². The monoisotopic (exact) mass is 456 g/mol. The average molecular weight is 457 g/mol. The summed E-state index contributed by atoms with van der Waals surface area (Å²) in [6, 6.07) is 18.4. The van der Waals surface area contributed by atoms with E-state index in [9.17, 15) is 10.1 Å². The van der Waals surface area contributed by atoms with E-state index in [0.29, 0.717) is 12.0 Å². The van der Waals surface area contributed by atoms with Crippen molar-refractivity contribution in [2.75, 3.05) is 26.7 Å². The number of nitrogens with zero attached hydrogens (tertiary/aromatic N) is 3. The number of nitrogens with one attached hydrogen (secondary N) is 1. The lowest BCUT2D eigenvalue weighted by Gasteiger charge is -2.46. The van der Waals surface area contributed by atoms with Crippen LogP contribution in [0.5, 0.6) is 0 Å². The van der Waals surface area contributed by atoms with Crippen LogP contribution in [0.25, 0.3) is 0 Å². The second-order valence-corrected chi connectivity index (χ2v) is 9.40. The quantitative estimate of drug-likeness (QED) is 0.516. The number of piperidine rings is 1. The maximum absolute atomic E-state index is 13.4. The molecule has 6 heteroatoms. The highest BCUT2D eigenvalue weighted by Gasteiger charge is 2.49. The molecule has 4 rings (SSSR count). The van der Waals surface area contributed by atoms with E-state index in [1.807, 2.05) is 30.5 Å². The molecule has 1 N–H and O–H groups in total. The van der Waals surface area contributed by atoms with Gasteiger partial charge in [-0.2, -0.15) is 5.26 Å². The number of likely N-dealkylation sites (tertiary alicyclic amines) is 1. The third kappa shape index (κ3) is 5.37. The van der Waals surface area contributed by atoms with Crippen LogP contribution in [0.1, 0.15) is 34.4 Å². The summed E-state index contributed by atoms with van der Waals surface area (Å²) in [6.45, 7) is 4.66. The van der Waals surface area contributed by atoms with Gasteiger partial charge in [-0.1, -0.05) is 42.0 Å². The second kappa shape index (κ2) is 10.7. The predicted molar refractivity (Wildman–Crippen MR) is 131 cm³/mol. The van der Waals surface area contributed by atoms with Gasteiger partial charge >= 0.3 is 5.97 Å². The number of hydrogen-bond donors (Lipinski definition) is 1. The van der Waals surface area contributed by atoms with Crippen molar-refractivity contribution in [3.8, 4) is 6.07 Å². The molecule has 0 aliphatic carbocycles. The van der Waals surface area contributed by atoms with Crippen LogP contribution < -0.4 is 0 Å². The number of esters is 1. The Morgan fingerprint density at radius 3 is 2.76 bits per heavy atom. The fraction of sp³-hybridized carbons (Fsp3) is 0.393. The third-order valence-electron chi connectivity index (χ3n) is 7.15. The number of carbonyl (C=O) groups excluding carboxylic acids is 1. The first-order chi connectivity index (χ1) is 16.5. The molecule has 34 heavy (non-hydrogen) atoms. The minimum atomic E-state index is -0.596. The molecule has 176 valence electrons. The van der Waals surface area contributed by atoms with Crippen LogP contribution in [0.4, 0.5) is 0 Å². The number of aromatic amines is 1. The van der Waals surface area contributed by atoms with E-state index in [4.69, 9.17) is 4.74 Å². The number of ether oxygens (including phenoxy) is 1. The summed E-state index contributed by atoms with van der Waals surface area (Å²) in [4.78, 5) is 23.2. The molecule has 0 spiro atoms. The summed E-state index contributed by atoms with van der Waals surface area (Å²) < 4.78 is 5.44. The fourth-order valence-corrected chi connectivity index (χ4v) is 5.27. The predicted octanol–water partition coefficient (Wildman–Crippen LogP) is 4.10. The number of nitriles is 1. The lowest BCUT2D eigenvalue weighted by Crippen LogP contribution is -2.54. The molecule has 1 aromatic heterocycles. The summed E-state index contributed by atoms with van der Waals surface area (Å²) in [5.74, 6) is -0.0372. The van der Waals surface area contributed by atoms with Crippen LogP contribution in [0.15, 0.2) is 61.1 Å². The molecule has 0 radical (unpaired) electrons. The van der Waals surface area contributed by atoms with E-state index in [-0.39, 0.29) is 11.9 Å². The Kier molecular flexibility index (Phi) is 7.44. The molecule has 6 nitrogen and oxygen atoms in total. The van der Waals surface area contributed by atoms with E-state index >= 15 is 0 Å². The number of H-pyrrole nitrogens is 1. The lowest BCUT2D eigenvalue weighted by atomic mass is 9.64. The highest BCUT2D eigenvalue weighted by Crippen LogP contribution is 2.43.